The molecular formula is C26H19F7N4O2. The topological polar surface area (TPSA) is 67.7 Å². The minimum Gasteiger partial charge on any atom is -0.301 e. The second kappa shape index (κ2) is 10.9. The number of benzene rings is 2. The molecule has 204 valence electrons. The standard InChI is InChI=1S/C26H19F7N4O2/c1-34-39-12-11-18(15-5-3-2-4-6-15)16-7-10-21-35-23(36-24(38)26(31,32)33)22(37(21)14-16)19-9-8-17(27)13-20(19)25(28,29)30/h2-11,13-14,34H,12H2,1H3,(H,36,38). The zero-order chi connectivity index (χ0) is 28.4. The van der Waals surface area contributed by atoms with Crippen LogP contribution in [0.25, 0.3) is 22.5 Å². The van der Waals surface area contributed by atoms with Gasteiger partial charge in [0.15, 0.2) is 5.82 Å². The number of aromatic nitrogens is 2. The molecule has 2 N–H and O–H groups in total. The average Bonchev–Trinajstić information content (AvgIpc) is 3.23. The first-order valence-corrected chi connectivity index (χ1v) is 11.2. The first-order valence-electron chi connectivity index (χ1n) is 11.2. The lowest BCUT2D eigenvalue weighted by Gasteiger charge is -2.15. The Morgan fingerprint density at radius 1 is 1.00 bits per heavy atom. The van der Waals surface area contributed by atoms with Crippen molar-refractivity contribution in [1.82, 2.24) is 14.9 Å². The predicted octanol–water partition coefficient (Wildman–Crippen LogP) is 6.24. The van der Waals surface area contributed by atoms with Crippen molar-refractivity contribution in [3.8, 4) is 11.3 Å². The van der Waals surface area contributed by atoms with E-state index in [2.05, 4.69) is 10.5 Å². The van der Waals surface area contributed by atoms with E-state index < -0.39 is 46.7 Å². The Labute approximate surface area is 216 Å². The second-order valence-electron chi connectivity index (χ2n) is 8.09. The molecule has 2 heterocycles. The molecule has 0 saturated heterocycles. The summed E-state index contributed by atoms with van der Waals surface area (Å²) in [6.07, 6.45) is -7.37. The highest BCUT2D eigenvalue weighted by atomic mass is 19.4. The third-order valence-electron chi connectivity index (χ3n) is 5.56. The quantitative estimate of drug-likeness (QED) is 0.162. The summed E-state index contributed by atoms with van der Waals surface area (Å²) in [5, 5.41) is 1.55. The number of pyridine rings is 1. The minimum atomic E-state index is -5.34. The van der Waals surface area contributed by atoms with Crippen LogP contribution in [0.1, 0.15) is 16.7 Å². The van der Waals surface area contributed by atoms with E-state index in [4.69, 9.17) is 4.84 Å². The predicted molar refractivity (Wildman–Crippen MR) is 129 cm³/mol. The molecule has 0 aliphatic rings. The summed E-state index contributed by atoms with van der Waals surface area (Å²) in [5.74, 6) is -4.42. The van der Waals surface area contributed by atoms with E-state index in [1.807, 2.05) is 0 Å². The Hall–Kier alpha value is -4.23. The molecule has 2 aromatic heterocycles. The normalized spacial score (nSPS) is 12.7. The number of hydroxylamine groups is 1. The summed E-state index contributed by atoms with van der Waals surface area (Å²) in [6, 6.07) is 13.5. The van der Waals surface area contributed by atoms with Crippen molar-refractivity contribution in [2.24, 2.45) is 0 Å². The smallest absolute Gasteiger partial charge is 0.301 e. The molecule has 0 saturated carbocycles. The summed E-state index contributed by atoms with van der Waals surface area (Å²) < 4.78 is 95.8. The number of hydrogen-bond donors (Lipinski definition) is 2. The first kappa shape index (κ1) is 27.8. The van der Waals surface area contributed by atoms with Crippen LogP contribution < -0.4 is 10.8 Å². The lowest BCUT2D eigenvalue weighted by atomic mass is 9.99. The zero-order valence-electron chi connectivity index (χ0n) is 20.0. The highest BCUT2D eigenvalue weighted by Crippen LogP contribution is 2.41. The molecule has 4 rings (SSSR count). The van der Waals surface area contributed by atoms with Crippen LogP contribution in [0.2, 0.25) is 0 Å². The van der Waals surface area contributed by atoms with Gasteiger partial charge in [-0.2, -0.15) is 26.3 Å². The number of hydrogen-bond acceptors (Lipinski definition) is 4. The van der Waals surface area contributed by atoms with Gasteiger partial charge in [0.2, 0.25) is 0 Å². The van der Waals surface area contributed by atoms with Gasteiger partial charge in [-0.1, -0.05) is 30.3 Å². The largest absolute Gasteiger partial charge is 0.471 e. The number of halogens is 7. The first-order chi connectivity index (χ1) is 18.4. The van der Waals surface area contributed by atoms with Crippen molar-refractivity contribution in [3.63, 3.8) is 0 Å². The van der Waals surface area contributed by atoms with Crippen molar-refractivity contribution in [3.05, 3.63) is 95.4 Å². The average molecular weight is 552 g/mol. The van der Waals surface area contributed by atoms with Gasteiger partial charge in [0.05, 0.1) is 17.9 Å². The number of nitrogens with one attached hydrogen (secondary N) is 2. The molecule has 0 bridgehead atoms. The maximum atomic E-state index is 13.9. The van der Waals surface area contributed by atoms with Gasteiger partial charge in [-0.3, -0.25) is 14.0 Å². The van der Waals surface area contributed by atoms with E-state index in [1.165, 1.54) is 12.3 Å². The third-order valence-corrected chi connectivity index (χ3v) is 5.56. The summed E-state index contributed by atoms with van der Waals surface area (Å²) in [7, 11) is 1.55. The van der Waals surface area contributed by atoms with Crippen LogP contribution >= 0.6 is 0 Å². The van der Waals surface area contributed by atoms with Crippen LogP contribution in [0.15, 0.2) is 72.9 Å². The van der Waals surface area contributed by atoms with Gasteiger partial charge in [0.1, 0.15) is 11.5 Å². The van der Waals surface area contributed by atoms with Crippen molar-refractivity contribution in [2.45, 2.75) is 12.4 Å². The highest BCUT2D eigenvalue weighted by molar-refractivity contribution is 5.98. The van der Waals surface area contributed by atoms with Gasteiger partial charge in [0, 0.05) is 18.8 Å². The van der Waals surface area contributed by atoms with Crippen molar-refractivity contribution in [1.29, 1.82) is 0 Å². The van der Waals surface area contributed by atoms with Gasteiger partial charge in [-0.05, 0) is 53.1 Å². The molecule has 0 fully saturated rings. The molecule has 0 radical (unpaired) electrons. The number of rotatable bonds is 7. The maximum absolute atomic E-state index is 13.9. The number of nitrogens with zero attached hydrogens (tertiary/aromatic N) is 2. The van der Waals surface area contributed by atoms with Gasteiger partial charge in [0.25, 0.3) is 0 Å². The molecule has 0 unspecified atom stereocenters. The Bertz CT molecular complexity index is 1530. The van der Waals surface area contributed by atoms with Crippen LogP contribution in [0, 0.1) is 5.82 Å². The van der Waals surface area contributed by atoms with Crippen LogP contribution in [0.4, 0.5) is 36.6 Å². The number of amides is 1. The van der Waals surface area contributed by atoms with E-state index in [9.17, 15) is 35.5 Å². The van der Waals surface area contributed by atoms with E-state index in [0.717, 1.165) is 16.5 Å². The summed E-state index contributed by atoms with van der Waals surface area (Å²) >= 11 is 0. The number of alkyl halides is 6. The lowest BCUT2D eigenvalue weighted by molar-refractivity contribution is -0.167. The molecule has 0 aliphatic heterocycles. The van der Waals surface area contributed by atoms with Crippen molar-refractivity contribution >= 4 is 22.9 Å². The molecule has 0 spiro atoms. The van der Waals surface area contributed by atoms with Gasteiger partial charge < -0.3 is 5.32 Å². The zero-order valence-corrected chi connectivity index (χ0v) is 20.0. The number of fused-ring (bicyclic) bond motifs is 1. The molecule has 0 aliphatic carbocycles. The third kappa shape index (κ3) is 6.10. The van der Waals surface area contributed by atoms with E-state index in [0.29, 0.717) is 16.7 Å². The Morgan fingerprint density at radius 2 is 1.72 bits per heavy atom. The van der Waals surface area contributed by atoms with Crippen LogP contribution in [-0.2, 0) is 15.8 Å². The Balaban J connectivity index is 1.99. The number of anilines is 1. The van der Waals surface area contributed by atoms with Crippen molar-refractivity contribution < 1.29 is 40.4 Å². The lowest BCUT2D eigenvalue weighted by Crippen LogP contribution is -2.30. The molecular weight excluding hydrogens is 533 g/mol. The van der Waals surface area contributed by atoms with Crippen LogP contribution in [0.3, 0.4) is 0 Å². The maximum Gasteiger partial charge on any atom is 0.471 e. The van der Waals surface area contributed by atoms with Crippen molar-refractivity contribution in [2.75, 3.05) is 19.0 Å². The Morgan fingerprint density at radius 3 is 2.36 bits per heavy atom. The fourth-order valence-corrected chi connectivity index (χ4v) is 3.91. The fourth-order valence-electron chi connectivity index (χ4n) is 3.91. The monoisotopic (exact) mass is 552 g/mol. The van der Waals surface area contributed by atoms with Gasteiger partial charge in [-0.25, -0.2) is 14.9 Å². The van der Waals surface area contributed by atoms with E-state index in [1.54, 1.807) is 54.8 Å². The van der Waals surface area contributed by atoms with Crippen LogP contribution in [-0.4, -0.2) is 35.1 Å². The highest BCUT2D eigenvalue weighted by Gasteiger charge is 2.41. The Kier molecular flexibility index (Phi) is 7.74. The molecule has 1 amide bonds. The number of carbonyl (C=O) groups is 1. The molecule has 6 nitrogen and oxygen atoms in total. The van der Waals surface area contributed by atoms with Gasteiger partial charge >= 0.3 is 18.3 Å². The summed E-state index contributed by atoms with van der Waals surface area (Å²) in [4.78, 5) is 20.9. The molecule has 2 aromatic carbocycles. The molecule has 13 heteroatoms. The minimum absolute atomic E-state index is 0.0671. The number of carbonyl (C=O) groups excluding carboxylic acids is 1. The van der Waals surface area contributed by atoms with Crippen LogP contribution in [0.5, 0.6) is 0 Å². The summed E-state index contributed by atoms with van der Waals surface area (Å²) in [6.45, 7) is 0.0959. The number of imidazole rings is 1. The summed E-state index contributed by atoms with van der Waals surface area (Å²) in [5.41, 5.74) is 1.52. The second-order valence-corrected chi connectivity index (χ2v) is 8.09. The van der Waals surface area contributed by atoms with E-state index in [-0.39, 0.29) is 18.3 Å². The SMILES string of the molecule is CNOCC=C(c1ccccc1)c1ccc2nc(NC(=O)C(F)(F)F)c(-c3ccc(F)cc3C(F)(F)F)n2c1. The van der Waals surface area contributed by atoms with Gasteiger partial charge in [-0.15, -0.1) is 0 Å². The van der Waals surface area contributed by atoms with E-state index >= 15 is 0 Å². The molecule has 0 atom stereocenters. The molecule has 4 aromatic rings. The fraction of sp³-hybridized carbons (Fsp3) is 0.154. The molecule has 39 heavy (non-hydrogen) atoms.